The van der Waals surface area contributed by atoms with Gasteiger partial charge in [0.2, 0.25) is 5.91 Å². The maximum absolute atomic E-state index is 12.4. The fraction of sp³-hybridized carbons (Fsp3) is 0.292. The predicted molar refractivity (Wildman–Crippen MR) is 131 cm³/mol. The van der Waals surface area contributed by atoms with Crippen LogP contribution >= 0.6 is 23.2 Å². The number of benzene rings is 2. The second kappa shape index (κ2) is 9.86. The Morgan fingerprint density at radius 2 is 1.84 bits per heavy atom. The molecule has 1 saturated heterocycles. The number of carbonyl (C=O) groups excluding carboxylic acids is 1. The summed E-state index contributed by atoms with van der Waals surface area (Å²) in [7, 11) is 3.96. The number of aromatic nitrogens is 2. The summed E-state index contributed by atoms with van der Waals surface area (Å²) in [5, 5.41) is 2.19. The van der Waals surface area contributed by atoms with Crippen LogP contribution in [0, 0.1) is 0 Å². The van der Waals surface area contributed by atoms with E-state index < -0.39 is 0 Å². The summed E-state index contributed by atoms with van der Waals surface area (Å²) in [6.45, 7) is 3.53. The van der Waals surface area contributed by atoms with Crippen LogP contribution in [0.15, 0.2) is 54.9 Å². The van der Waals surface area contributed by atoms with Crippen LogP contribution < -0.4 is 4.90 Å². The Bertz CT molecular complexity index is 1160. The molecule has 6 nitrogen and oxygen atoms in total. The third-order valence-electron chi connectivity index (χ3n) is 5.48. The molecule has 4 rings (SSSR count). The van der Waals surface area contributed by atoms with Crippen LogP contribution in [0.1, 0.15) is 0 Å². The fourth-order valence-electron chi connectivity index (χ4n) is 3.79. The van der Waals surface area contributed by atoms with Crippen molar-refractivity contribution in [3.63, 3.8) is 0 Å². The molecule has 0 aliphatic carbocycles. The van der Waals surface area contributed by atoms with Crippen LogP contribution in [-0.4, -0.2) is 72.5 Å². The van der Waals surface area contributed by atoms with Crippen LogP contribution in [0.3, 0.4) is 0 Å². The Labute approximate surface area is 198 Å². The number of hydrogen-bond acceptors (Lipinski definition) is 5. The normalized spacial score (nSPS) is 14.7. The Morgan fingerprint density at radius 1 is 1.06 bits per heavy atom. The number of carbonyl (C=O) groups is 1. The van der Waals surface area contributed by atoms with Gasteiger partial charge in [0.15, 0.2) is 0 Å². The smallest absolute Gasteiger partial charge is 0.246 e. The van der Waals surface area contributed by atoms with Crippen molar-refractivity contribution in [2.45, 2.75) is 0 Å². The van der Waals surface area contributed by atoms with Gasteiger partial charge in [-0.05, 0) is 43.9 Å². The van der Waals surface area contributed by atoms with Gasteiger partial charge >= 0.3 is 0 Å². The number of likely N-dealkylation sites (N-methyl/N-ethyl adjacent to an activating group) is 1. The number of hydrogen-bond donors (Lipinski definition) is 0. The first-order valence-corrected chi connectivity index (χ1v) is 11.2. The van der Waals surface area contributed by atoms with Crippen LogP contribution in [0.25, 0.3) is 22.0 Å². The summed E-state index contributed by atoms with van der Waals surface area (Å²) >= 11 is 12.4. The van der Waals surface area contributed by atoms with Crippen molar-refractivity contribution in [3.05, 3.63) is 64.9 Å². The van der Waals surface area contributed by atoms with E-state index in [4.69, 9.17) is 23.2 Å². The maximum Gasteiger partial charge on any atom is 0.246 e. The van der Waals surface area contributed by atoms with Crippen molar-refractivity contribution in [3.8, 4) is 11.1 Å². The van der Waals surface area contributed by atoms with E-state index in [9.17, 15) is 4.79 Å². The van der Waals surface area contributed by atoms with Gasteiger partial charge in [-0.15, -0.1) is 0 Å². The molecule has 0 radical (unpaired) electrons. The lowest BCUT2D eigenvalue weighted by Crippen LogP contribution is -2.48. The summed E-state index contributed by atoms with van der Waals surface area (Å²) in [5.74, 6) is 0.947. The SMILES string of the molecule is CN(C)C/C=C/C(=O)N1CCN(c2ncnc3cc(-c4ccc(Cl)cc4Cl)ccc23)CC1. The molecule has 1 aromatic heterocycles. The number of rotatable bonds is 5. The lowest BCUT2D eigenvalue weighted by molar-refractivity contribution is -0.126. The monoisotopic (exact) mass is 469 g/mol. The summed E-state index contributed by atoms with van der Waals surface area (Å²) in [4.78, 5) is 27.6. The van der Waals surface area contributed by atoms with Gasteiger partial charge in [0.05, 0.1) is 5.52 Å². The highest BCUT2D eigenvalue weighted by molar-refractivity contribution is 6.36. The van der Waals surface area contributed by atoms with Crippen LogP contribution in [0.5, 0.6) is 0 Å². The van der Waals surface area contributed by atoms with E-state index >= 15 is 0 Å². The molecule has 2 aromatic carbocycles. The molecule has 8 heteroatoms. The van der Waals surface area contributed by atoms with Crippen molar-refractivity contribution in [1.29, 1.82) is 0 Å². The molecule has 3 aromatic rings. The molecule has 0 spiro atoms. The summed E-state index contributed by atoms with van der Waals surface area (Å²) in [6, 6.07) is 11.6. The Balaban J connectivity index is 1.51. The van der Waals surface area contributed by atoms with Crippen molar-refractivity contribution < 1.29 is 4.79 Å². The number of nitrogens with zero attached hydrogens (tertiary/aromatic N) is 5. The minimum absolute atomic E-state index is 0.0588. The Morgan fingerprint density at radius 3 is 2.56 bits per heavy atom. The molecule has 0 saturated carbocycles. The van der Waals surface area contributed by atoms with E-state index in [1.165, 1.54) is 0 Å². The Kier molecular flexibility index (Phi) is 6.94. The third kappa shape index (κ3) is 5.04. The molecule has 0 bridgehead atoms. The van der Waals surface area contributed by atoms with Gasteiger partial charge in [0, 0.05) is 59.8 Å². The van der Waals surface area contributed by atoms with E-state index in [1.807, 2.05) is 60.3 Å². The highest BCUT2D eigenvalue weighted by Crippen LogP contribution is 2.33. The van der Waals surface area contributed by atoms with E-state index in [0.717, 1.165) is 47.5 Å². The molecule has 1 aliphatic rings. The maximum atomic E-state index is 12.4. The van der Waals surface area contributed by atoms with Crippen molar-refractivity contribution in [2.24, 2.45) is 0 Å². The molecular weight excluding hydrogens is 445 g/mol. The Hall–Kier alpha value is -2.67. The van der Waals surface area contributed by atoms with Gasteiger partial charge in [0.25, 0.3) is 0 Å². The van der Waals surface area contributed by atoms with Crippen LogP contribution in [0.4, 0.5) is 5.82 Å². The van der Waals surface area contributed by atoms with Gasteiger partial charge in [-0.3, -0.25) is 4.79 Å². The zero-order valence-corrected chi connectivity index (χ0v) is 19.6. The molecular formula is C24H25Cl2N5O. The third-order valence-corrected chi connectivity index (χ3v) is 6.03. The lowest BCUT2D eigenvalue weighted by Gasteiger charge is -2.35. The largest absolute Gasteiger partial charge is 0.352 e. The highest BCUT2D eigenvalue weighted by Gasteiger charge is 2.22. The standard InChI is InChI=1S/C24H25Cl2N5O/c1-29(2)9-3-4-23(32)30-10-12-31(13-11-30)24-20-7-5-17(14-22(20)27-16-28-24)19-8-6-18(25)15-21(19)26/h3-8,14-16H,9-13H2,1-2H3/b4-3+. The molecule has 32 heavy (non-hydrogen) atoms. The van der Waals surface area contributed by atoms with Gasteiger partial charge in [-0.25, -0.2) is 9.97 Å². The number of anilines is 1. The molecule has 1 aliphatic heterocycles. The minimum Gasteiger partial charge on any atom is -0.352 e. The topological polar surface area (TPSA) is 52.6 Å². The average Bonchev–Trinajstić information content (AvgIpc) is 2.78. The second-order valence-corrected chi connectivity index (χ2v) is 8.87. The quantitative estimate of drug-likeness (QED) is 0.519. The molecule has 0 atom stereocenters. The van der Waals surface area contributed by atoms with Gasteiger partial charge in [-0.1, -0.05) is 41.4 Å². The zero-order valence-electron chi connectivity index (χ0n) is 18.1. The summed E-state index contributed by atoms with van der Waals surface area (Å²) in [5.41, 5.74) is 2.74. The number of halogens is 2. The molecule has 0 unspecified atom stereocenters. The number of amides is 1. The number of piperazine rings is 1. The first-order chi connectivity index (χ1) is 15.4. The van der Waals surface area contributed by atoms with Crippen molar-refractivity contribution >= 4 is 45.8 Å². The van der Waals surface area contributed by atoms with E-state index in [-0.39, 0.29) is 5.91 Å². The van der Waals surface area contributed by atoms with Crippen LogP contribution in [-0.2, 0) is 4.79 Å². The fourth-order valence-corrected chi connectivity index (χ4v) is 4.31. The first kappa shape index (κ1) is 22.5. The van der Waals surface area contributed by atoms with Crippen LogP contribution in [0.2, 0.25) is 10.0 Å². The van der Waals surface area contributed by atoms with E-state index in [2.05, 4.69) is 14.9 Å². The molecule has 166 valence electrons. The lowest BCUT2D eigenvalue weighted by atomic mass is 10.0. The van der Waals surface area contributed by atoms with Crippen molar-refractivity contribution in [1.82, 2.24) is 19.8 Å². The molecule has 1 fully saturated rings. The summed E-state index contributed by atoms with van der Waals surface area (Å²) < 4.78 is 0. The molecule has 1 amide bonds. The highest BCUT2D eigenvalue weighted by atomic mass is 35.5. The predicted octanol–water partition coefficient (Wildman–Crippen LogP) is 4.37. The van der Waals surface area contributed by atoms with E-state index in [0.29, 0.717) is 23.1 Å². The van der Waals surface area contributed by atoms with Gasteiger partial charge in [0.1, 0.15) is 12.1 Å². The van der Waals surface area contributed by atoms with Gasteiger partial charge < -0.3 is 14.7 Å². The van der Waals surface area contributed by atoms with Crippen molar-refractivity contribution in [2.75, 3.05) is 51.7 Å². The van der Waals surface area contributed by atoms with Gasteiger partial charge in [-0.2, -0.15) is 0 Å². The average molecular weight is 470 g/mol. The molecule has 0 N–H and O–H groups in total. The molecule has 2 heterocycles. The first-order valence-electron chi connectivity index (χ1n) is 10.5. The zero-order chi connectivity index (χ0) is 22.7. The van der Waals surface area contributed by atoms with E-state index in [1.54, 1.807) is 18.5 Å². The summed E-state index contributed by atoms with van der Waals surface area (Å²) in [6.07, 6.45) is 5.16. The minimum atomic E-state index is 0.0588. The second-order valence-electron chi connectivity index (χ2n) is 8.03. The number of fused-ring (bicyclic) bond motifs is 1.